The van der Waals surface area contributed by atoms with Crippen LogP contribution in [0.2, 0.25) is 0 Å². The largest absolute Gasteiger partial charge is 0.349 e. The Hall–Kier alpha value is -3.75. The van der Waals surface area contributed by atoms with Gasteiger partial charge in [0, 0.05) is 32.4 Å². The highest BCUT2D eigenvalue weighted by atomic mass is 19.1. The Morgan fingerprint density at radius 3 is 2.71 bits per heavy atom. The molecule has 4 aromatic rings. The molecule has 0 spiro atoms. The molecular weight excluding hydrogens is 365 g/mol. The van der Waals surface area contributed by atoms with E-state index in [-0.39, 0.29) is 29.9 Å². The van der Waals surface area contributed by atoms with E-state index in [1.54, 1.807) is 28.8 Å². The van der Waals surface area contributed by atoms with Crippen molar-refractivity contribution in [2.45, 2.75) is 6.54 Å². The first kappa shape index (κ1) is 17.7. The molecule has 0 atom stereocenters. The summed E-state index contributed by atoms with van der Waals surface area (Å²) in [7, 11) is 1.45. The molecule has 0 bridgehead atoms. The van der Waals surface area contributed by atoms with Gasteiger partial charge in [-0.15, -0.1) is 0 Å². The number of halogens is 1. The summed E-state index contributed by atoms with van der Waals surface area (Å²) in [6.45, 7) is 0.281. The number of aromatic nitrogens is 4. The normalized spacial score (nSPS) is 11.2. The van der Waals surface area contributed by atoms with E-state index in [1.807, 2.05) is 0 Å². The Labute approximate surface area is 157 Å². The first-order valence-electron chi connectivity index (χ1n) is 8.57. The summed E-state index contributed by atoms with van der Waals surface area (Å²) in [5.74, 6) is -0.923. The predicted molar refractivity (Wildman–Crippen MR) is 101 cm³/mol. The second-order valence-electron chi connectivity index (χ2n) is 6.29. The van der Waals surface area contributed by atoms with Crippen LogP contribution in [0.4, 0.5) is 4.39 Å². The van der Waals surface area contributed by atoms with Gasteiger partial charge in [-0.2, -0.15) is 5.10 Å². The van der Waals surface area contributed by atoms with E-state index in [9.17, 15) is 18.8 Å². The van der Waals surface area contributed by atoms with E-state index in [1.165, 1.54) is 35.9 Å². The summed E-state index contributed by atoms with van der Waals surface area (Å²) >= 11 is 0. The molecule has 0 aliphatic carbocycles. The van der Waals surface area contributed by atoms with Crippen LogP contribution < -0.4 is 16.4 Å². The van der Waals surface area contributed by atoms with Crippen molar-refractivity contribution in [2.24, 2.45) is 7.05 Å². The maximum absolute atomic E-state index is 13.8. The molecule has 0 saturated heterocycles. The first-order chi connectivity index (χ1) is 13.5. The van der Waals surface area contributed by atoms with Gasteiger partial charge in [0.1, 0.15) is 17.0 Å². The Kier molecular flexibility index (Phi) is 4.26. The van der Waals surface area contributed by atoms with Crippen molar-refractivity contribution < 1.29 is 9.18 Å². The molecule has 3 aromatic heterocycles. The standard InChI is InChI=1S/C19H16FN5O3/c1-23-17(26)7-5-13(22-23)18(27)21-8-10-25-16-11-12(20)4-6-14(16)24-9-2-3-15(24)19(25)28/h2-7,9,11H,8,10H2,1H3,(H,21,27). The van der Waals surface area contributed by atoms with Gasteiger partial charge in [0.2, 0.25) is 0 Å². The van der Waals surface area contributed by atoms with E-state index in [0.29, 0.717) is 16.6 Å². The summed E-state index contributed by atoms with van der Waals surface area (Å²) < 4.78 is 18.0. The average molecular weight is 381 g/mol. The summed E-state index contributed by atoms with van der Waals surface area (Å²) in [5.41, 5.74) is 1.07. The van der Waals surface area contributed by atoms with Crippen LogP contribution in [0.3, 0.4) is 0 Å². The third kappa shape index (κ3) is 2.96. The van der Waals surface area contributed by atoms with Crippen LogP contribution in [0.1, 0.15) is 10.5 Å². The maximum atomic E-state index is 13.8. The fourth-order valence-corrected chi connectivity index (χ4v) is 3.15. The van der Waals surface area contributed by atoms with Crippen molar-refractivity contribution in [2.75, 3.05) is 6.54 Å². The fraction of sp³-hybridized carbons (Fsp3) is 0.158. The fourth-order valence-electron chi connectivity index (χ4n) is 3.15. The SMILES string of the molecule is Cn1nc(C(=O)NCCn2c(=O)c3cccn3c3ccc(F)cc32)ccc1=O. The van der Waals surface area contributed by atoms with Gasteiger partial charge in [0.15, 0.2) is 0 Å². The number of rotatable bonds is 4. The highest BCUT2D eigenvalue weighted by Gasteiger charge is 2.13. The van der Waals surface area contributed by atoms with Gasteiger partial charge < -0.3 is 14.3 Å². The van der Waals surface area contributed by atoms with E-state index < -0.39 is 11.7 Å². The number of hydrogen-bond donors (Lipinski definition) is 1. The zero-order valence-corrected chi connectivity index (χ0v) is 14.9. The van der Waals surface area contributed by atoms with Crippen molar-refractivity contribution in [3.05, 3.63) is 80.9 Å². The molecule has 1 N–H and O–H groups in total. The van der Waals surface area contributed by atoms with Gasteiger partial charge in [-0.25, -0.2) is 9.07 Å². The molecule has 9 heteroatoms. The van der Waals surface area contributed by atoms with Crippen LogP contribution in [0, 0.1) is 5.82 Å². The lowest BCUT2D eigenvalue weighted by Crippen LogP contribution is -2.33. The lowest BCUT2D eigenvalue weighted by atomic mass is 10.2. The highest BCUT2D eigenvalue weighted by molar-refractivity contribution is 5.92. The number of carbonyl (C=O) groups excluding carboxylic acids is 1. The van der Waals surface area contributed by atoms with E-state index in [0.717, 1.165) is 4.68 Å². The molecule has 0 unspecified atom stereocenters. The smallest absolute Gasteiger partial charge is 0.275 e. The number of benzene rings is 1. The number of carbonyl (C=O) groups is 1. The molecule has 0 aliphatic rings. The number of aryl methyl sites for hydroxylation is 1. The molecule has 4 rings (SSSR count). The van der Waals surface area contributed by atoms with Gasteiger partial charge in [-0.1, -0.05) is 0 Å². The number of nitrogens with zero attached hydrogens (tertiary/aromatic N) is 4. The predicted octanol–water partition coefficient (Wildman–Crippen LogP) is 0.917. The van der Waals surface area contributed by atoms with Gasteiger partial charge in [0.25, 0.3) is 17.0 Å². The summed E-state index contributed by atoms with van der Waals surface area (Å²) in [6, 6.07) is 10.3. The van der Waals surface area contributed by atoms with Crippen molar-refractivity contribution in [3.63, 3.8) is 0 Å². The van der Waals surface area contributed by atoms with Crippen molar-refractivity contribution >= 4 is 22.5 Å². The lowest BCUT2D eigenvalue weighted by Gasteiger charge is -2.13. The Balaban J connectivity index is 1.64. The Morgan fingerprint density at radius 1 is 1.11 bits per heavy atom. The minimum Gasteiger partial charge on any atom is -0.349 e. The van der Waals surface area contributed by atoms with Crippen molar-refractivity contribution in [1.82, 2.24) is 24.1 Å². The molecule has 8 nitrogen and oxygen atoms in total. The topological polar surface area (TPSA) is 90.4 Å². The molecule has 0 saturated carbocycles. The van der Waals surface area contributed by atoms with Crippen LogP contribution >= 0.6 is 0 Å². The third-order valence-corrected chi connectivity index (χ3v) is 4.51. The number of fused-ring (bicyclic) bond motifs is 3. The van der Waals surface area contributed by atoms with Crippen molar-refractivity contribution in [1.29, 1.82) is 0 Å². The molecule has 1 amide bonds. The number of amides is 1. The average Bonchev–Trinajstić information content (AvgIpc) is 3.16. The van der Waals surface area contributed by atoms with E-state index >= 15 is 0 Å². The van der Waals surface area contributed by atoms with Crippen LogP contribution in [-0.2, 0) is 13.6 Å². The van der Waals surface area contributed by atoms with E-state index in [4.69, 9.17) is 0 Å². The molecule has 28 heavy (non-hydrogen) atoms. The van der Waals surface area contributed by atoms with Crippen LogP contribution in [-0.4, -0.2) is 31.2 Å². The Bertz CT molecular complexity index is 1340. The van der Waals surface area contributed by atoms with Gasteiger partial charge >= 0.3 is 0 Å². The quantitative estimate of drug-likeness (QED) is 0.569. The molecule has 0 aliphatic heterocycles. The molecule has 0 fully saturated rings. The Morgan fingerprint density at radius 2 is 1.93 bits per heavy atom. The van der Waals surface area contributed by atoms with Gasteiger partial charge in [-0.05, 0) is 36.4 Å². The maximum Gasteiger partial charge on any atom is 0.275 e. The van der Waals surface area contributed by atoms with Gasteiger partial charge in [-0.3, -0.25) is 14.4 Å². The zero-order chi connectivity index (χ0) is 19.8. The highest BCUT2D eigenvalue weighted by Crippen LogP contribution is 2.16. The third-order valence-electron chi connectivity index (χ3n) is 4.51. The minimum absolute atomic E-state index is 0.0902. The lowest BCUT2D eigenvalue weighted by molar-refractivity contribution is 0.0945. The molecular formula is C19H16FN5O3. The number of nitrogens with one attached hydrogen (secondary N) is 1. The van der Waals surface area contributed by atoms with Crippen LogP contribution in [0.25, 0.3) is 16.6 Å². The van der Waals surface area contributed by atoms with Crippen LogP contribution in [0.5, 0.6) is 0 Å². The molecule has 142 valence electrons. The van der Waals surface area contributed by atoms with Gasteiger partial charge in [0.05, 0.1) is 11.0 Å². The summed E-state index contributed by atoms with van der Waals surface area (Å²) in [6.07, 6.45) is 1.74. The molecule has 3 heterocycles. The summed E-state index contributed by atoms with van der Waals surface area (Å²) in [4.78, 5) is 36.4. The minimum atomic E-state index is -0.470. The summed E-state index contributed by atoms with van der Waals surface area (Å²) in [5, 5.41) is 6.55. The van der Waals surface area contributed by atoms with Crippen molar-refractivity contribution in [3.8, 4) is 0 Å². The zero-order valence-electron chi connectivity index (χ0n) is 14.9. The van der Waals surface area contributed by atoms with Crippen LogP contribution in [0.15, 0.2) is 58.3 Å². The molecule has 0 radical (unpaired) electrons. The first-order valence-corrected chi connectivity index (χ1v) is 8.57. The molecule has 1 aromatic carbocycles. The monoisotopic (exact) mass is 381 g/mol. The van der Waals surface area contributed by atoms with E-state index in [2.05, 4.69) is 10.4 Å². The second kappa shape index (κ2) is 6.76. The number of hydrogen-bond acceptors (Lipinski definition) is 4. The second-order valence-corrected chi connectivity index (χ2v) is 6.29.